The summed E-state index contributed by atoms with van der Waals surface area (Å²) in [5.74, 6) is 0.856. The maximum absolute atomic E-state index is 6.16. The van der Waals surface area contributed by atoms with Crippen LogP contribution in [0, 0.1) is 11.3 Å². The second-order valence-corrected chi connectivity index (χ2v) is 6.99. The third-order valence-corrected chi connectivity index (χ3v) is 4.58. The van der Waals surface area contributed by atoms with Crippen LogP contribution in [0.2, 0.25) is 0 Å². The van der Waals surface area contributed by atoms with Gasteiger partial charge in [0.2, 0.25) is 0 Å². The number of rotatable bonds is 8. The zero-order valence-electron chi connectivity index (χ0n) is 13.6. The molecule has 1 fully saturated rings. The fraction of sp³-hybridized carbons (Fsp3) is 1.00. The van der Waals surface area contributed by atoms with Crippen LogP contribution >= 0.6 is 0 Å². The minimum Gasteiger partial charge on any atom is -0.330 e. The first-order valence-corrected chi connectivity index (χ1v) is 8.08. The number of likely N-dealkylation sites (N-methyl/N-ethyl adjacent to an activating group) is 1. The lowest BCUT2D eigenvalue weighted by Crippen LogP contribution is -2.47. The average molecular weight is 269 g/mol. The maximum atomic E-state index is 6.16. The molecule has 1 aliphatic carbocycles. The second kappa shape index (κ2) is 8.23. The second-order valence-electron chi connectivity index (χ2n) is 6.99. The predicted octanol–water partition coefficient (Wildman–Crippen LogP) is 2.42. The Balaban J connectivity index is 2.57. The molecule has 2 atom stereocenters. The van der Waals surface area contributed by atoms with Gasteiger partial charge in [-0.05, 0) is 57.8 Å². The van der Waals surface area contributed by atoms with Gasteiger partial charge in [0.1, 0.15) is 0 Å². The van der Waals surface area contributed by atoms with E-state index in [-0.39, 0.29) is 0 Å². The van der Waals surface area contributed by atoms with Gasteiger partial charge < -0.3 is 15.5 Å². The highest BCUT2D eigenvalue weighted by Crippen LogP contribution is 2.39. The largest absolute Gasteiger partial charge is 0.330 e. The lowest BCUT2D eigenvalue weighted by molar-refractivity contribution is 0.0844. The molecule has 3 heteroatoms. The van der Waals surface area contributed by atoms with E-state index in [0.717, 1.165) is 19.0 Å². The van der Waals surface area contributed by atoms with Crippen LogP contribution in [0.1, 0.15) is 46.0 Å². The van der Waals surface area contributed by atoms with Crippen LogP contribution in [-0.2, 0) is 0 Å². The molecule has 0 aromatic carbocycles. The quantitative estimate of drug-likeness (QED) is 0.734. The van der Waals surface area contributed by atoms with Crippen molar-refractivity contribution in [2.45, 2.75) is 46.0 Å². The van der Waals surface area contributed by atoms with Gasteiger partial charge in [0.25, 0.3) is 0 Å². The van der Waals surface area contributed by atoms with E-state index in [0.29, 0.717) is 5.41 Å². The fourth-order valence-corrected chi connectivity index (χ4v) is 3.56. The molecule has 19 heavy (non-hydrogen) atoms. The van der Waals surface area contributed by atoms with Crippen molar-refractivity contribution in [3.63, 3.8) is 0 Å². The standard InChI is InChI=1S/C16H35N3/c1-5-9-19(11-10-18(3)4)14-16(13-17)8-6-7-15(2)12-16/h15H,5-14,17H2,1-4H3. The molecule has 1 rings (SSSR count). The van der Waals surface area contributed by atoms with E-state index in [2.05, 4.69) is 37.7 Å². The van der Waals surface area contributed by atoms with Crippen LogP contribution < -0.4 is 5.73 Å². The van der Waals surface area contributed by atoms with Gasteiger partial charge in [-0.2, -0.15) is 0 Å². The first kappa shape index (κ1) is 16.9. The SMILES string of the molecule is CCCN(CCN(C)C)CC1(CN)CCCC(C)C1. The summed E-state index contributed by atoms with van der Waals surface area (Å²) in [7, 11) is 4.32. The van der Waals surface area contributed by atoms with Crippen molar-refractivity contribution in [2.75, 3.05) is 46.8 Å². The van der Waals surface area contributed by atoms with Crippen LogP contribution in [0.25, 0.3) is 0 Å². The summed E-state index contributed by atoms with van der Waals surface area (Å²) in [6, 6.07) is 0. The molecule has 0 aliphatic heterocycles. The highest BCUT2D eigenvalue weighted by atomic mass is 15.2. The van der Waals surface area contributed by atoms with Crippen LogP contribution in [0.5, 0.6) is 0 Å². The van der Waals surface area contributed by atoms with Crippen molar-refractivity contribution < 1.29 is 0 Å². The fourth-order valence-electron chi connectivity index (χ4n) is 3.56. The Hall–Kier alpha value is -0.120. The number of hydrogen-bond donors (Lipinski definition) is 1. The van der Waals surface area contributed by atoms with Gasteiger partial charge in [0.15, 0.2) is 0 Å². The summed E-state index contributed by atoms with van der Waals surface area (Å²) in [6.45, 7) is 10.3. The smallest absolute Gasteiger partial charge is 0.0109 e. The molecule has 0 bridgehead atoms. The van der Waals surface area contributed by atoms with Gasteiger partial charge in [-0.25, -0.2) is 0 Å². The van der Waals surface area contributed by atoms with E-state index < -0.39 is 0 Å². The Morgan fingerprint density at radius 3 is 2.47 bits per heavy atom. The van der Waals surface area contributed by atoms with Gasteiger partial charge in [-0.15, -0.1) is 0 Å². The third kappa shape index (κ3) is 5.80. The van der Waals surface area contributed by atoms with Crippen molar-refractivity contribution in [3.05, 3.63) is 0 Å². The topological polar surface area (TPSA) is 32.5 Å². The van der Waals surface area contributed by atoms with Gasteiger partial charge in [-0.3, -0.25) is 0 Å². The highest BCUT2D eigenvalue weighted by Gasteiger charge is 2.35. The summed E-state index contributed by atoms with van der Waals surface area (Å²) in [4.78, 5) is 4.92. The van der Waals surface area contributed by atoms with Crippen LogP contribution in [0.3, 0.4) is 0 Å². The van der Waals surface area contributed by atoms with Crippen molar-refractivity contribution in [2.24, 2.45) is 17.1 Å². The molecular formula is C16H35N3. The molecule has 1 aliphatic rings. The number of hydrogen-bond acceptors (Lipinski definition) is 3. The Morgan fingerprint density at radius 1 is 1.21 bits per heavy atom. The molecule has 114 valence electrons. The molecule has 0 radical (unpaired) electrons. The molecule has 0 heterocycles. The minimum atomic E-state index is 0.388. The van der Waals surface area contributed by atoms with Crippen molar-refractivity contribution in [1.82, 2.24) is 9.80 Å². The summed E-state index contributed by atoms with van der Waals surface area (Å²) >= 11 is 0. The predicted molar refractivity (Wildman–Crippen MR) is 84.4 cm³/mol. The van der Waals surface area contributed by atoms with Crippen molar-refractivity contribution in [3.8, 4) is 0 Å². The van der Waals surface area contributed by atoms with Gasteiger partial charge in [-0.1, -0.05) is 26.7 Å². The molecule has 3 nitrogen and oxygen atoms in total. The van der Waals surface area contributed by atoms with E-state index >= 15 is 0 Å². The van der Waals surface area contributed by atoms with Crippen LogP contribution in [-0.4, -0.2) is 56.6 Å². The molecular weight excluding hydrogens is 234 g/mol. The molecule has 0 spiro atoms. The normalized spacial score (nSPS) is 28.3. The van der Waals surface area contributed by atoms with E-state index in [9.17, 15) is 0 Å². The molecule has 0 amide bonds. The summed E-state index contributed by atoms with van der Waals surface area (Å²) in [5, 5.41) is 0. The van der Waals surface area contributed by atoms with Gasteiger partial charge >= 0.3 is 0 Å². The van der Waals surface area contributed by atoms with Crippen molar-refractivity contribution in [1.29, 1.82) is 0 Å². The summed E-state index contributed by atoms with van der Waals surface area (Å²) in [5.41, 5.74) is 6.55. The Bertz CT molecular complexity index is 242. The Kier molecular flexibility index (Phi) is 7.33. The highest BCUT2D eigenvalue weighted by molar-refractivity contribution is 4.89. The van der Waals surface area contributed by atoms with E-state index in [1.165, 1.54) is 51.7 Å². The Morgan fingerprint density at radius 2 is 1.95 bits per heavy atom. The summed E-state index contributed by atoms with van der Waals surface area (Å²) in [6.07, 6.45) is 6.66. The van der Waals surface area contributed by atoms with Crippen LogP contribution in [0.15, 0.2) is 0 Å². The molecule has 2 N–H and O–H groups in total. The van der Waals surface area contributed by atoms with E-state index in [1.807, 2.05) is 0 Å². The zero-order chi connectivity index (χ0) is 14.3. The van der Waals surface area contributed by atoms with Gasteiger partial charge in [0, 0.05) is 19.6 Å². The Labute approximate surface area is 120 Å². The number of nitrogens with zero attached hydrogens (tertiary/aromatic N) is 2. The molecule has 0 aromatic heterocycles. The average Bonchev–Trinajstić information content (AvgIpc) is 2.36. The minimum absolute atomic E-state index is 0.388. The maximum Gasteiger partial charge on any atom is 0.0109 e. The van der Waals surface area contributed by atoms with Crippen LogP contribution in [0.4, 0.5) is 0 Å². The molecule has 0 saturated heterocycles. The lowest BCUT2D eigenvalue weighted by Gasteiger charge is -2.43. The lowest BCUT2D eigenvalue weighted by atomic mass is 9.69. The molecule has 0 aromatic rings. The van der Waals surface area contributed by atoms with E-state index in [1.54, 1.807) is 0 Å². The monoisotopic (exact) mass is 269 g/mol. The van der Waals surface area contributed by atoms with E-state index in [4.69, 9.17) is 5.73 Å². The first-order chi connectivity index (χ1) is 9.01. The number of nitrogens with two attached hydrogens (primary N) is 1. The zero-order valence-corrected chi connectivity index (χ0v) is 13.6. The van der Waals surface area contributed by atoms with Gasteiger partial charge in [0.05, 0.1) is 0 Å². The third-order valence-electron chi connectivity index (χ3n) is 4.58. The molecule has 2 unspecified atom stereocenters. The van der Waals surface area contributed by atoms with Crippen molar-refractivity contribution >= 4 is 0 Å². The first-order valence-electron chi connectivity index (χ1n) is 8.08. The molecule has 1 saturated carbocycles. The summed E-state index contributed by atoms with van der Waals surface area (Å²) < 4.78 is 0.